The highest BCUT2D eigenvalue weighted by molar-refractivity contribution is 6.51. The van der Waals surface area contributed by atoms with Gasteiger partial charge in [0.15, 0.2) is 0 Å². The number of carbonyl (C=O) groups excluding carboxylic acids is 2. The molecule has 3 aromatic carbocycles. The summed E-state index contributed by atoms with van der Waals surface area (Å²) in [5, 5.41) is 12.0. The van der Waals surface area contributed by atoms with E-state index in [9.17, 15) is 19.1 Å². The summed E-state index contributed by atoms with van der Waals surface area (Å²) in [4.78, 5) is 27.8. The first-order valence-corrected chi connectivity index (χ1v) is 10.1. The van der Waals surface area contributed by atoms with E-state index in [1.165, 1.54) is 29.2 Å². The number of fused-ring (bicyclic) bond motifs is 1. The number of Topliss-reactive ketones (excluding diaryl/α,β-unsaturated/α-hetero) is 1. The number of halogens is 1. The van der Waals surface area contributed by atoms with Gasteiger partial charge in [-0.2, -0.15) is 0 Å². The van der Waals surface area contributed by atoms with Crippen molar-refractivity contribution in [3.63, 3.8) is 0 Å². The Labute approximate surface area is 183 Å². The smallest absolute Gasteiger partial charge is 0.300 e. The third-order valence-electron chi connectivity index (χ3n) is 5.82. The largest absolute Gasteiger partial charge is 0.507 e. The summed E-state index contributed by atoms with van der Waals surface area (Å²) >= 11 is 0. The van der Waals surface area contributed by atoms with Crippen LogP contribution >= 0.6 is 0 Å². The molecule has 4 aromatic rings. The van der Waals surface area contributed by atoms with Gasteiger partial charge in [0.25, 0.3) is 11.7 Å². The van der Waals surface area contributed by atoms with Gasteiger partial charge in [0.1, 0.15) is 11.6 Å². The molecular weight excluding hydrogens is 407 g/mol. The normalized spacial score (nSPS) is 17.9. The first kappa shape index (κ1) is 19.8. The number of anilines is 1. The van der Waals surface area contributed by atoms with E-state index >= 15 is 0 Å². The van der Waals surface area contributed by atoms with Crippen LogP contribution in [0.5, 0.6) is 0 Å². The van der Waals surface area contributed by atoms with Crippen molar-refractivity contribution in [1.82, 2.24) is 4.57 Å². The molecule has 1 aliphatic heterocycles. The zero-order chi connectivity index (χ0) is 22.4. The fourth-order valence-electron chi connectivity index (χ4n) is 4.34. The van der Waals surface area contributed by atoms with E-state index in [1.807, 2.05) is 48.1 Å². The van der Waals surface area contributed by atoms with E-state index in [4.69, 9.17) is 0 Å². The van der Waals surface area contributed by atoms with Crippen LogP contribution in [0.4, 0.5) is 10.1 Å². The quantitative estimate of drug-likeness (QED) is 0.287. The van der Waals surface area contributed by atoms with E-state index in [-0.39, 0.29) is 16.9 Å². The van der Waals surface area contributed by atoms with Crippen LogP contribution in [-0.2, 0) is 16.6 Å². The maximum Gasteiger partial charge on any atom is 0.300 e. The minimum Gasteiger partial charge on any atom is -0.507 e. The van der Waals surface area contributed by atoms with Gasteiger partial charge in [-0.3, -0.25) is 14.5 Å². The molecule has 0 saturated carbocycles. The van der Waals surface area contributed by atoms with Crippen molar-refractivity contribution in [2.45, 2.75) is 6.04 Å². The molecule has 32 heavy (non-hydrogen) atoms. The van der Waals surface area contributed by atoms with Crippen molar-refractivity contribution in [2.75, 3.05) is 4.90 Å². The minimum absolute atomic E-state index is 0.0261. The van der Waals surface area contributed by atoms with Crippen molar-refractivity contribution < 1.29 is 19.1 Å². The molecule has 2 heterocycles. The second-order valence-corrected chi connectivity index (χ2v) is 7.72. The number of para-hydroxylation sites is 2. The summed E-state index contributed by atoms with van der Waals surface area (Å²) in [6.07, 6.45) is 1.87. The molecule has 1 unspecified atom stereocenters. The summed E-state index contributed by atoms with van der Waals surface area (Å²) in [7, 11) is 1.89. The van der Waals surface area contributed by atoms with Gasteiger partial charge in [0, 0.05) is 41.0 Å². The van der Waals surface area contributed by atoms with Crippen LogP contribution < -0.4 is 4.90 Å². The average molecular weight is 426 g/mol. The van der Waals surface area contributed by atoms with Gasteiger partial charge in [-0.25, -0.2) is 4.39 Å². The Balaban J connectivity index is 1.80. The Bertz CT molecular complexity index is 1390. The highest BCUT2D eigenvalue weighted by Crippen LogP contribution is 2.44. The summed E-state index contributed by atoms with van der Waals surface area (Å²) in [6, 6.07) is 20.9. The van der Waals surface area contributed by atoms with Crippen LogP contribution in [0.15, 0.2) is 90.6 Å². The summed E-state index contributed by atoms with van der Waals surface area (Å²) in [6.45, 7) is 0. The Kier molecular flexibility index (Phi) is 4.63. The van der Waals surface area contributed by atoms with Gasteiger partial charge in [0.2, 0.25) is 0 Å². The Hall–Kier alpha value is -4.19. The molecule has 1 aromatic heterocycles. The molecule has 1 amide bonds. The van der Waals surface area contributed by atoms with Crippen LogP contribution in [0.3, 0.4) is 0 Å². The molecule has 5 rings (SSSR count). The van der Waals surface area contributed by atoms with Gasteiger partial charge < -0.3 is 9.67 Å². The van der Waals surface area contributed by atoms with Crippen LogP contribution in [0.2, 0.25) is 0 Å². The molecule has 158 valence electrons. The molecular formula is C26H19FN2O3. The molecule has 5 nitrogen and oxygen atoms in total. The third-order valence-corrected chi connectivity index (χ3v) is 5.82. The number of carbonyl (C=O) groups is 2. The second kappa shape index (κ2) is 7.50. The zero-order valence-electron chi connectivity index (χ0n) is 17.2. The fraction of sp³-hybridized carbons (Fsp3) is 0.0769. The third kappa shape index (κ3) is 3.00. The highest BCUT2D eigenvalue weighted by Gasteiger charge is 2.47. The van der Waals surface area contributed by atoms with Crippen molar-refractivity contribution in [1.29, 1.82) is 0 Å². The number of rotatable bonds is 3. The Morgan fingerprint density at radius 2 is 1.56 bits per heavy atom. The summed E-state index contributed by atoms with van der Waals surface area (Å²) in [5.41, 5.74) is 2.44. The second-order valence-electron chi connectivity index (χ2n) is 7.72. The van der Waals surface area contributed by atoms with Crippen molar-refractivity contribution in [3.05, 3.63) is 108 Å². The number of amides is 1. The standard InChI is InChI=1S/C26H19FN2O3/c1-28-15-20(19-9-5-6-10-21(19)28)23-22(24(30)16-11-13-17(27)14-12-16)25(31)26(32)29(23)18-7-3-2-4-8-18/h2-15,23,30H,1H3/b24-22+. The summed E-state index contributed by atoms with van der Waals surface area (Å²) < 4.78 is 15.4. The molecule has 6 heteroatoms. The van der Waals surface area contributed by atoms with Gasteiger partial charge in [-0.1, -0.05) is 36.4 Å². The molecule has 1 aliphatic rings. The van der Waals surface area contributed by atoms with Crippen molar-refractivity contribution in [3.8, 4) is 0 Å². The van der Waals surface area contributed by atoms with E-state index < -0.39 is 23.5 Å². The first-order valence-electron chi connectivity index (χ1n) is 10.1. The predicted molar refractivity (Wildman–Crippen MR) is 121 cm³/mol. The lowest BCUT2D eigenvalue weighted by atomic mass is 9.94. The van der Waals surface area contributed by atoms with Crippen LogP contribution in [0.1, 0.15) is 17.2 Å². The van der Waals surface area contributed by atoms with Crippen LogP contribution in [0.25, 0.3) is 16.7 Å². The maximum atomic E-state index is 13.4. The zero-order valence-corrected chi connectivity index (χ0v) is 17.2. The van der Waals surface area contributed by atoms with Crippen LogP contribution in [-0.4, -0.2) is 21.4 Å². The van der Waals surface area contributed by atoms with Gasteiger partial charge in [-0.05, 0) is 42.5 Å². The summed E-state index contributed by atoms with van der Waals surface area (Å²) in [5.74, 6) is -2.30. The first-order chi connectivity index (χ1) is 15.5. The highest BCUT2D eigenvalue weighted by atomic mass is 19.1. The Morgan fingerprint density at radius 3 is 2.28 bits per heavy atom. The monoisotopic (exact) mass is 426 g/mol. The molecule has 1 atom stereocenters. The van der Waals surface area contributed by atoms with Gasteiger partial charge in [0.05, 0.1) is 11.6 Å². The van der Waals surface area contributed by atoms with E-state index in [1.54, 1.807) is 24.3 Å². The lowest BCUT2D eigenvalue weighted by Crippen LogP contribution is -2.29. The van der Waals surface area contributed by atoms with Crippen molar-refractivity contribution in [2.24, 2.45) is 7.05 Å². The molecule has 1 N–H and O–H groups in total. The molecule has 0 bridgehead atoms. The van der Waals surface area contributed by atoms with Gasteiger partial charge in [-0.15, -0.1) is 0 Å². The fourth-order valence-corrected chi connectivity index (χ4v) is 4.34. The molecule has 1 fully saturated rings. The number of nitrogens with zero attached hydrogens (tertiary/aromatic N) is 2. The minimum atomic E-state index is -0.839. The number of hydrogen-bond donors (Lipinski definition) is 1. The number of aryl methyl sites for hydroxylation is 1. The van der Waals surface area contributed by atoms with E-state index in [2.05, 4.69) is 0 Å². The predicted octanol–water partition coefficient (Wildman–Crippen LogP) is 4.94. The van der Waals surface area contributed by atoms with Gasteiger partial charge >= 0.3 is 0 Å². The lowest BCUT2D eigenvalue weighted by molar-refractivity contribution is -0.132. The van der Waals surface area contributed by atoms with Crippen LogP contribution in [0, 0.1) is 5.82 Å². The SMILES string of the molecule is Cn1cc(C2/C(=C(\O)c3ccc(F)cc3)C(=O)C(=O)N2c2ccccc2)c2ccccc21. The molecule has 1 saturated heterocycles. The molecule has 0 spiro atoms. The Morgan fingerprint density at radius 1 is 0.906 bits per heavy atom. The number of aliphatic hydroxyl groups excluding tert-OH is 1. The number of aromatic nitrogens is 1. The maximum absolute atomic E-state index is 13.4. The number of ketones is 1. The molecule has 0 radical (unpaired) electrons. The lowest BCUT2D eigenvalue weighted by Gasteiger charge is -2.25. The number of benzene rings is 3. The molecule has 0 aliphatic carbocycles. The van der Waals surface area contributed by atoms with E-state index in [0.29, 0.717) is 5.69 Å². The number of aliphatic hydroxyl groups is 1. The average Bonchev–Trinajstić information content (AvgIpc) is 3.28. The number of hydrogen-bond acceptors (Lipinski definition) is 3. The topological polar surface area (TPSA) is 62.5 Å². The van der Waals surface area contributed by atoms with E-state index in [0.717, 1.165) is 16.5 Å². The van der Waals surface area contributed by atoms with Crippen molar-refractivity contribution >= 4 is 34.0 Å².